The normalized spacial score (nSPS) is 13.5. The first-order chi connectivity index (χ1) is 6.81. The molecule has 0 saturated heterocycles. The van der Waals surface area contributed by atoms with Gasteiger partial charge in [0.1, 0.15) is 5.75 Å². The van der Waals surface area contributed by atoms with E-state index in [1.165, 1.54) is 0 Å². The van der Waals surface area contributed by atoms with E-state index >= 15 is 0 Å². The summed E-state index contributed by atoms with van der Waals surface area (Å²) < 4.78 is 5.36. The number of rotatable bonds is 3. The topological polar surface area (TPSA) is 52.3 Å². The van der Waals surface area contributed by atoms with Gasteiger partial charge in [-0.25, -0.2) is 0 Å². The number of nitrogens with two attached hydrogens (primary N) is 1. The van der Waals surface area contributed by atoms with Gasteiger partial charge < -0.3 is 10.5 Å². The largest absolute Gasteiger partial charge is 0.493 e. The molecule has 2 rings (SSSR count). The van der Waals surface area contributed by atoms with E-state index in [1.807, 2.05) is 18.2 Å². The van der Waals surface area contributed by atoms with Crippen LogP contribution in [0.15, 0.2) is 18.2 Å². The molecule has 1 aromatic carbocycles. The van der Waals surface area contributed by atoms with E-state index in [0.29, 0.717) is 13.0 Å². The molecule has 0 atom stereocenters. The Morgan fingerprint density at radius 3 is 3.14 bits per heavy atom. The third-order valence-corrected chi connectivity index (χ3v) is 2.38. The van der Waals surface area contributed by atoms with Gasteiger partial charge in [-0.15, -0.1) is 0 Å². The van der Waals surface area contributed by atoms with Crippen LogP contribution in [-0.4, -0.2) is 18.9 Å². The zero-order valence-electron chi connectivity index (χ0n) is 7.95. The summed E-state index contributed by atoms with van der Waals surface area (Å²) in [6, 6.07) is 5.59. The van der Waals surface area contributed by atoms with Gasteiger partial charge in [-0.05, 0) is 30.3 Å². The molecule has 1 aliphatic rings. The van der Waals surface area contributed by atoms with Crippen molar-refractivity contribution < 1.29 is 9.53 Å². The minimum absolute atomic E-state index is 0.113. The first-order valence-corrected chi connectivity index (χ1v) is 4.80. The molecule has 3 heteroatoms. The van der Waals surface area contributed by atoms with Crippen LogP contribution in [0.25, 0.3) is 0 Å². The number of ether oxygens (including phenoxy) is 1. The second-order valence-electron chi connectivity index (χ2n) is 3.38. The summed E-state index contributed by atoms with van der Waals surface area (Å²) in [5.74, 6) is 1.02. The highest BCUT2D eigenvalue weighted by Crippen LogP contribution is 2.26. The van der Waals surface area contributed by atoms with Crippen LogP contribution in [0.1, 0.15) is 22.3 Å². The minimum Gasteiger partial charge on any atom is -0.493 e. The molecule has 1 heterocycles. The van der Waals surface area contributed by atoms with Crippen LogP contribution in [0.3, 0.4) is 0 Å². The van der Waals surface area contributed by atoms with Crippen molar-refractivity contribution in [3.8, 4) is 5.75 Å². The van der Waals surface area contributed by atoms with Gasteiger partial charge in [0.15, 0.2) is 5.78 Å². The molecule has 3 nitrogen and oxygen atoms in total. The van der Waals surface area contributed by atoms with Gasteiger partial charge in [0.25, 0.3) is 0 Å². The zero-order chi connectivity index (χ0) is 9.97. The van der Waals surface area contributed by atoms with Crippen LogP contribution in [0.4, 0.5) is 0 Å². The molecular formula is C11H13NO2. The summed E-state index contributed by atoms with van der Waals surface area (Å²) in [5, 5.41) is 0. The molecule has 1 aliphatic heterocycles. The quantitative estimate of drug-likeness (QED) is 0.729. The third kappa shape index (κ3) is 1.63. The molecule has 0 bridgehead atoms. The summed E-state index contributed by atoms with van der Waals surface area (Å²) in [5.41, 5.74) is 7.22. The van der Waals surface area contributed by atoms with Crippen LogP contribution in [-0.2, 0) is 6.42 Å². The molecule has 0 aromatic heterocycles. The molecular weight excluding hydrogens is 178 g/mol. The predicted molar refractivity (Wildman–Crippen MR) is 53.6 cm³/mol. The fraction of sp³-hybridized carbons (Fsp3) is 0.364. The third-order valence-electron chi connectivity index (χ3n) is 2.38. The molecule has 0 amide bonds. The Labute approximate surface area is 82.9 Å². The predicted octanol–water partition coefficient (Wildman–Crippen LogP) is 1.15. The summed E-state index contributed by atoms with van der Waals surface area (Å²) in [6.07, 6.45) is 1.32. The maximum Gasteiger partial charge on any atom is 0.164 e. The van der Waals surface area contributed by atoms with Gasteiger partial charge in [-0.3, -0.25) is 4.79 Å². The molecule has 1 aromatic rings. The van der Waals surface area contributed by atoms with Gasteiger partial charge >= 0.3 is 0 Å². The second kappa shape index (κ2) is 3.80. The molecule has 0 unspecified atom stereocenters. The number of carbonyl (C=O) groups is 1. The highest BCUT2D eigenvalue weighted by Gasteiger charge is 2.14. The minimum atomic E-state index is 0.113. The smallest absolute Gasteiger partial charge is 0.164 e. The lowest BCUT2D eigenvalue weighted by Gasteiger charge is -2.02. The van der Waals surface area contributed by atoms with Crippen molar-refractivity contribution in [3.63, 3.8) is 0 Å². The SMILES string of the molecule is NCCC(=O)c1ccc2c(c1)CCO2. The first-order valence-electron chi connectivity index (χ1n) is 4.80. The molecule has 74 valence electrons. The molecule has 0 spiro atoms. The maximum atomic E-state index is 11.5. The van der Waals surface area contributed by atoms with Crippen molar-refractivity contribution in [1.29, 1.82) is 0 Å². The molecule has 2 N–H and O–H groups in total. The number of ketones is 1. The summed E-state index contributed by atoms with van der Waals surface area (Å²) in [4.78, 5) is 11.5. The average Bonchev–Trinajstić information content (AvgIpc) is 2.64. The van der Waals surface area contributed by atoms with E-state index in [2.05, 4.69) is 0 Å². The van der Waals surface area contributed by atoms with Gasteiger partial charge in [0.2, 0.25) is 0 Å². The molecule has 0 radical (unpaired) electrons. The fourth-order valence-electron chi connectivity index (χ4n) is 1.64. The average molecular weight is 191 g/mol. The maximum absolute atomic E-state index is 11.5. The van der Waals surface area contributed by atoms with Gasteiger partial charge in [-0.1, -0.05) is 0 Å². The highest BCUT2D eigenvalue weighted by molar-refractivity contribution is 5.96. The zero-order valence-corrected chi connectivity index (χ0v) is 7.95. The Morgan fingerprint density at radius 1 is 1.50 bits per heavy atom. The standard InChI is InChI=1S/C11H13NO2/c12-5-3-10(13)8-1-2-11-9(7-8)4-6-14-11/h1-2,7H,3-6,12H2. The van der Waals surface area contributed by atoms with E-state index in [9.17, 15) is 4.79 Å². The van der Waals surface area contributed by atoms with Crippen molar-refractivity contribution in [2.24, 2.45) is 5.73 Å². The van der Waals surface area contributed by atoms with Gasteiger partial charge in [0.05, 0.1) is 6.61 Å². The van der Waals surface area contributed by atoms with Crippen LogP contribution in [0, 0.1) is 0 Å². The monoisotopic (exact) mass is 191 g/mol. The number of carbonyl (C=O) groups excluding carboxylic acids is 1. The van der Waals surface area contributed by atoms with E-state index in [0.717, 1.165) is 29.9 Å². The first kappa shape index (κ1) is 9.21. The number of hydrogen-bond acceptors (Lipinski definition) is 3. The molecule has 0 fully saturated rings. The van der Waals surface area contributed by atoms with Crippen molar-refractivity contribution in [3.05, 3.63) is 29.3 Å². The van der Waals surface area contributed by atoms with Crippen molar-refractivity contribution in [1.82, 2.24) is 0 Å². The van der Waals surface area contributed by atoms with E-state index in [-0.39, 0.29) is 5.78 Å². The second-order valence-corrected chi connectivity index (χ2v) is 3.38. The lowest BCUT2D eigenvalue weighted by molar-refractivity contribution is 0.0985. The van der Waals surface area contributed by atoms with E-state index in [1.54, 1.807) is 0 Å². The lowest BCUT2D eigenvalue weighted by atomic mass is 10.0. The fourth-order valence-corrected chi connectivity index (χ4v) is 1.64. The van der Waals surface area contributed by atoms with Gasteiger partial charge in [-0.2, -0.15) is 0 Å². The summed E-state index contributed by atoms with van der Waals surface area (Å²) >= 11 is 0. The van der Waals surface area contributed by atoms with Crippen LogP contribution in [0.2, 0.25) is 0 Å². The molecule has 14 heavy (non-hydrogen) atoms. The van der Waals surface area contributed by atoms with Gasteiger partial charge in [0, 0.05) is 18.4 Å². The van der Waals surface area contributed by atoms with Crippen molar-refractivity contribution in [2.75, 3.05) is 13.2 Å². The number of hydrogen-bond donors (Lipinski definition) is 1. The Morgan fingerprint density at radius 2 is 2.36 bits per heavy atom. The molecule has 0 saturated carbocycles. The van der Waals surface area contributed by atoms with Crippen molar-refractivity contribution >= 4 is 5.78 Å². The Kier molecular flexibility index (Phi) is 2.50. The van der Waals surface area contributed by atoms with Crippen LogP contribution < -0.4 is 10.5 Å². The Bertz CT molecular complexity index is 360. The van der Waals surface area contributed by atoms with E-state index in [4.69, 9.17) is 10.5 Å². The number of fused-ring (bicyclic) bond motifs is 1. The highest BCUT2D eigenvalue weighted by atomic mass is 16.5. The van der Waals surface area contributed by atoms with Crippen LogP contribution >= 0.6 is 0 Å². The molecule has 0 aliphatic carbocycles. The summed E-state index contributed by atoms with van der Waals surface area (Å²) in [6.45, 7) is 1.14. The Balaban J connectivity index is 2.24. The van der Waals surface area contributed by atoms with Crippen molar-refractivity contribution in [2.45, 2.75) is 12.8 Å². The Hall–Kier alpha value is -1.35. The summed E-state index contributed by atoms with van der Waals surface area (Å²) in [7, 11) is 0. The number of benzene rings is 1. The lowest BCUT2D eigenvalue weighted by Crippen LogP contribution is -2.08. The number of Topliss-reactive ketones (excluding diaryl/α,β-unsaturated/α-hetero) is 1. The van der Waals surface area contributed by atoms with E-state index < -0.39 is 0 Å². The van der Waals surface area contributed by atoms with Crippen LogP contribution in [0.5, 0.6) is 5.75 Å².